The van der Waals surface area contributed by atoms with E-state index in [4.69, 9.17) is 0 Å². The lowest BCUT2D eigenvalue weighted by molar-refractivity contribution is -0.384. The number of nitro groups is 1. The number of nitrogens with zero attached hydrogens (tertiary/aromatic N) is 2. The van der Waals surface area contributed by atoms with E-state index in [9.17, 15) is 23.3 Å². The maximum atomic E-state index is 12.5. The number of non-ortho nitro benzene ring substituents is 1. The molecule has 20 heavy (non-hydrogen) atoms. The van der Waals surface area contributed by atoms with Gasteiger partial charge in [-0.3, -0.25) is 10.1 Å². The second-order valence-corrected chi connectivity index (χ2v) is 4.83. The number of benzene rings is 1. The summed E-state index contributed by atoms with van der Waals surface area (Å²) < 4.78 is 37.6. The van der Waals surface area contributed by atoms with Gasteiger partial charge >= 0.3 is 6.18 Å². The van der Waals surface area contributed by atoms with Crippen LogP contribution in [0.2, 0.25) is 0 Å². The summed E-state index contributed by atoms with van der Waals surface area (Å²) in [5, 5.41) is 10.7. The lowest BCUT2D eigenvalue weighted by Crippen LogP contribution is -2.04. The molecule has 1 aromatic heterocycles. The Hall–Kier alpha value is -2.09. The Morgan fingerprint density at radius 2 is 1.80 bits per heavy atom. The Morgan fingerprint density at radius 1 is 1.15 bits per heavy atom. The molecule has 0 radical (unpaired) electrons. The molecule has 2 aromatic rings. The molecule has 0 N–H and O–H groups in total. The van der Waals surface area contributed by atoms with E-state index in [2.05, 4.69) is 4.98 Å². The largest absolute Gasteiger partial charge is 0.416 e. The van der Waals surface area contributed by atoms with Gasteiger partial charge in [-0.2, -0.15) is 13.2 Å². The van der Waals surface area contributed by atoms with E-state index >= 15 is 0 Å². The SMILES string of the molecule is O=[N+]([O-])c1ccc(Sc2cc(C(F)(F)F)ccn2)cc1. The lowest BCUT2D eigenvalue weighted by atomic mass is 10.3. The van der Waals surface area contributed by atoms with E-state index in [0.29, 0.717) is 4.90 Å². The van der Waals surface area contributed by atoms with Crippen LogP contribution in [0.25, 0.3) is 0 Å². The number of nitro benzene ring substituents is 1. The van der Waals surface area contributed by atoms with Crippen molar-refractivity contribution in [2.24, 2.45) is 0 Å². The number of hydrogen-bond acceptors (Lipinski definition) is 4. The molecule has 8 heteroatoms. The number of hydrogen-bond donors (Lipinski definition) is 0. The van der Waals surface area contributed by atoms with E-state index in [1.54, 1.807) is 0 Å². The Morgan fingerprint density at radius 3 is 2.35 bits per heavy atom. The Bertz CT molecular complexity index is 629. The maximum Gasteiger partial charge on any atom is 0.416 e. The Labute approximate surface area is 115 Å². The Kier molecular flexibility index (Phi) is 3.93. The van der Waals surface area contributed by atoms with Crippen molar-refractivity contribution in [2.45, 2.75) is 16.1 Å². The van der Waals surface area contributed by atoms with Crippen molar-refractivity contribution in [3.63, 3.8) is 0 Å². The van der Waals surface area contributed by atoms with Crippen molar-refractivity contribution in [3.05, 3.63) is 58.3 Å². The van der Waals surface area contributed by atoms with E-state index in [1.165, 1.54) is 24.3 Å². The standard InChI is InChI=1S/C12H7F3N2O2S/c13-12(14,15)8-5-6-16-11(7-8)20-10-3-1-9(2-4-10)17(18)19/h1-7H. The molecule has 0 aliphatic rings. The van der Waals surface area contributed by atoms with Gasteiger partial charge in [0.25, 0.3) is 5.69 Å². The fourth-order valence-electron chi connectivity index (χ4n) is 1.40. The minimum absolute atomic E-state index is 0.0775. The molecule has 0 bridgehead atoms. The van der Waals surface area contributed by atoms with Crippen LogP contribution < -0.4 is 0 Å². The average Bonchev–Trinajstić information content (AvgIpc) is 2.38. The number of rotatable bonds is 3. The van der Waals surface area contributed by atoms with Crippen LogP contribution in [0.1, 0.15) is 5.56 Å². The molecule has 0 atom stereocenters. The number of alkyl halides is 3. The summed E-state index contributed by atoms with van der Waals surface area (Å²) in [7, 11) is 0. The molecule has 0 fully saturated rings. The van der Waals surface area contributed by atoms with Crippen LogP contribution in [0.3, 0.4) is 0 Å². The quantitative estimate of drug-likeness (QED) is 0.631. The van der Waals surface area contributed by atoms with Gasteiger partial charge < -0.3 is 0 Å². The van der Waals surface area contributed by atoms with Crippen molar-refractivity contribution in [3.8, 4) is 0 Å². The number of aromatic nitrogens is 1. The first kappa shape index (κ1) is 14.3. The van der Waals surface area contributed by atoms with Gasteiger partial charge in [0.15, 0.2) is 0 Å². The average molecular weight is 300 g/mol. The molecular weight excluding hydrogens is 293 g/mol. The van der Waals surface area contributed by atoms with E-state index in [0.717, 1.165) is 30.1 Å². The minimum atomic E-state index is -4.42. The van der Waals surface area contributed by atoms with Crippen molar-refractivity contribution < 1.29 is 18.1 Å². The van der Waals surface area contributed by atoms with Gasteiger partial charge in [0.1, 0.15) is 5.03 Å². The van der Waals surface area contributed by atoms with Crippen LogP contribution >= 0.6 is 11.8 Å². The predicted octanol–water partition coefficient (Wildman–Crippen LogP) is 4.16. The Balaban J connectivity index is 2.20. The third-order valence-electron chi connectivity index (χ3n) is 2.33. The summed E-state index contributed by atoms with van der Waals surface area (Å²) in [5.41, 5.74) is -0.858. The maximum absolute atomic E-state index is 12.5. The fourth-order valence-corrected chi connectivity index (χ4v) is 2.21. The van der Waals surface area contributed by atoms with Crippen LogP contribution in [0, 0.1) is 10.1 Å². The van der Waals surface area contributed by atoms with E-state index in [1.807, 2.05) is 0 Å². The molecule has 4 nitrogen and oxygen atoms in total. The monoisotopic (exact) mass is 300 g/mol. The zero-order valence-electron chi connectivity index (χ0n) is 9.79. The van der Waals surface area contributed by atoms with Crippen molar-refractivity contribution >= 4 is 17.4 Å². The topological polar surface area (TPSA) is 56.0 Å². The second-order valence-electron chi connectivity index (χ2n) is 3.73. The van der Waals surface area contributed by atoms with Crippen molar-refractivity contribution in [1.82, 2.24) is 4.98 Å². The summed E-state index contributed by atoms with van der Waals surface area (Å²) in [6, 6.07) is 7.33. The molecular formula is C12H7F3N2O2S. The van der Waals surface area contributed by atoms with E-state index in [-0.39, 0.29) is 10.7 Å². The molecule has 0 aliphatic heterocycles. The predicted molar refractivity (Wildman–Crippen MR) is 66.5 cm³/mol. The molecule has 0 spiro atoms. The van der Waals surface area contributed by atoms with Gasteiger partial charge in [-0.1, -0.05) is 11.8 Å². The zero-order chi connectivity index (χ0) is 14.8. The molecule has 0 unspecified atom stereocenters. The molecule has 2 rings (SSSR count). The highest BCUT2D eigenvalue weighted by Crippen LogP contribution is 2.33. The van der Waals surface area contributed by atoms with Crippen LogP contribution in [0.4, 0.5) is 18.9 Å². The number of pyridine rings is 1. The lowest BCUT2D eigenvalue weighted by Gasteiger charge is -2.07. The smallest absolute Gasteiger partial charge is 0.258 e. The van der Waals surface area contributed by atoms with Crippen LogP contribution in [0.15, 0.2) is 52.5 Å². The first-order chi connectivity index (χ1) is 9.36. The van der Waals surface area contributed by atoms with E-state index < -0.39 is 16.7 Å². The molecule has 0 amide bonds. The third kappa shape index (κ3) is 3.47. The van der Waals surface area contributed by atoms with Gasteiger partial charge in [-0.05, 0) is 24.3 Å². The van der Waals surface area contributed by atoms with Crippen molar-refractivity contribution in [1.29, 1.82) is 0 Å². The summed E-state index contributed by atoms with van der Waals surface area (Å²) in [4.78, 5) is 14.3. The molecule has 0 aliphatic carbocycles. The highest BCUT2D eigenvalue weighted by Gasteiger charge is 2.30. The number of halogens is 3. The first-order valence-electron chi connectivity index (χ1n) is 5.32. The molecule has 0 saturated carbocycles. The fraction of sp³-hybridized carbons (Fsp3) is 0.0833. The minimum Gasteiger partial charge on any atom is -0.258 e. The van der Waals surface area contributed by atoms with Gasteiger partial charge in [-0.15, -0.1) is 0 Å². The first-order valence-corrected chi connectivity index (χ1v) is 6.13. The van der Waals surface area contributed by atoms with Crippen LogP contribution in [-0.2, 0) is 6.18 Å². The summed E-state index contributed by atoms with van der Waals surface area (Å²) >= 11 is 1.00. The van der Waals surface area contributed by atoms with Gasteiger partial charge in [-0.25, -0.2) is 4.98 Å². The third-order valence-corrected chi connectivity index (χ3v) is 3.27. The summed E-state index contributed by atoms with van der Waals surface area (Å²) in [6.07, 6.45) is -3.34. The van der Waals surface area contributed by atoms with Crippen LogP contribution in [-0.4, -0.2) is 9.91 Å². The molecule has 1 aromatic carbocycles. The van der Waals surface area contributed by atoms with Gasteiger partial charge in [0.05, 0.1) is 10.5 Å². The van der Waals surface area contributed by atoms with Crippen LogP contribution in [0.5, 0.6) is 0 Å². The highest BCUT2D eigenvalue weighted by molar-refractivity contribution is 7.99. The van der Waals surface area contributed by atoms with Gasteiger partial charge in [0, 0.05) is 23.2 Å². The summed E-state index contributed by atoms with van der Waals surface area (Å²) in [5.74, 6) is 0. The zero-order valence-corrected chi connectivity index (χ0v) is 10.6. The van der Waals surface area contributed by atoms with Gasteiger partial charge in [0.2, 0.25) is 0 Å². The second kappa shape index (κ2) is 5.49. The highest BCUT2D eigenvalue weighted by atomic mass is 32.2. The molecule has 0 saturated heterocycles. The normalized spacial score (nSPS) is 11.3. The molecule has 104 valence electrons. The summed E-state index contributed by atoms with van der Waals surface area (Å²) in [6.45, 7) is 0. The van der Waals surface area contributed by atoms with Crippen molar-refractivity contribution in [2.75, 3.05) is 0 Å². The molecule has 1 heterocycles.